The van der Waals surface area contributed by atoms with E-state index in [0.29, 0.717) is 11.3 Å². The molecule has 32 heavy (non-hydrogen) atoms. The Morgan fingerprint density at radius 3 is 2.69 bits per heavy atom. The topological polar surface area (TPSA) is 85.2 Å². The van der Waals surface area contributed by atoms with Gasteiger partial charge in [-0.3, -0.25) is 9.36 Å². The smallest absolute Gasteiger partial charge is 0.378 e. The molecule has 168 valence electrons. The maximum absolute atomic E-state index is 14.2. The summed E-state index contributed by atoms with van der Waals surface area (Å²) in [6.45, 7) is 0.109. The average molecular weight is 467 g/mol. The predicted octanol–water partition coefficient (Wildman–Crippen LogP) is 3.40. The molecular weight excluding hydrogens is 449 g/mol. The van der Waals surface area contributed by atoms with Gasteiger partial charge in [-0.25, -0.2) is 9.78 Å². The first-order valence-electron chi connectivity index (χ1n) is 9.69. The standard InChI is InChI=1S/C21H18ClF3N4O3/c1-32-10-14-7-18(30)29(11-26-14)9-13-6-17-15(8-16(13)22)20(21(23,24)25,28-19(31)27-17)5-4-12-2-3-12/h6-8,11-12H,2-3,9-10H2,1H3,(H2,27,28,31). The van der Waals surface area contributed by atoms with Gasteiger partial charge >= 0.3 is 12.2 Å². The first kappa shape index (κ1) is 22.2. The molecule has 1 aromatic carbocycles. The van der Waals surface area contributed by atoms with E-state index in [0.717, 1.165) is 18.9 Å². The van der Waals surface area contributed by atoms with Gasteiger partial charge in [0.25, 0.3) is 5.56 Å². The molecule has 1 fully saturated rings. The molecule has 11 heteroatoms. The van der Waals surface area contributed by atoms with Gasteiger partial charge in [0.1, 0.15) is 0 Å². The lowest BCUT2D eigenvalue weighted by Crippen LogP contribution is -2.59. The number of anilines is 1. The van der Waals surface area contributed by atoms with Gasteiger partial charge < -0.3 is 15.4 Å². The van der Waals surface area contributed by atoms with Crippen LogP contribution in [0.15, 0.2) is 29.3 Å². The van der Waals surface area contributed by atoms with Crippen LogP contribution in [0.3, 0.4) is 0 Å². The van der Waals surface area contributed by atoms with Crippen molar-refractivity contribution in [2.75, 3.05) is 12.4 Å². The van der Waals surface area contributed by atoms with Crippen LogP contribution in [0.4, 0.5) is 23.7 Å². The molecule has 1 aromatic heterocycles. The number of carbonyl (C=O) groups excluding carboxylic acids is 1. The number of fused-ring (bicyclic) bond motifs is 1. The second kappa shape index (κ2) is 8.15. The number of rotatable bonds is 4. The first-order valence-corrected chi connectivity index (χ1v) is 10.1. The summed E-state index contributed by atoms with van der Waals surface area (Å²) in [5.41, 5.74) is -2.86. The van der Waals surface area contributed by atoms with E-state index in [-0.39, 0.29) is 40.9 Å². The Bertz CT molecular complexity index is 1200. The molecule has 2 heterocycles. The van der Waals surface area contributed by atoms with Crippen LogP contribution in [0.2, 0.25) is 5.02 Å². The normalized spacial score (nSPS) is 20.0. The van der Waals surface area contributed by atoms with Crippen LogP contribution in [0, 0.1) is 17.8 Å². The Hall–Kier alpha value is -3.03. The van der Waals surface area contributed by atoms with E-state index in [1.807, 2.05) is 5.32 Å². The number of amides is 2. The van der Waals surface area contributed by atoms with Crippen molar-refractivity contribution in [2.45, 2.75) is 37.7 Å². The molecule has 2 amide bonds. The van der Waals surface area contributed by atoms with Crippen LogP contribution in [0.5, 0.6) is 0 Å². The van der Waals surface area contributed by atoms with E-state index in [1.165, 1.54) is 30.1 Å². The number of benzene rings is 1. The zero-order chi connectivity index (χ0) is 23.1. The van der Waals surface area contributed by atoms with E-state index in [1.54, 1.807) is 0 Å². The number of halogens is 4. The number of alkyl halides is 3. The Balaban J connectivity index is 1.76. The van der Waals surface area contributed by atoms with Crippen molar-refractivity contribution < 1.29 is 22.7 Å². The van der Waals surface area contributed by atoms with Crippen molar-refractivity contribution in [3.63, 3.8) is 0 Å². The third-order valence-electron chi connectivity index (χ3n) is 5.18. The summed E-state index contributed by atoms with van der Waals surface area (Å²) in [4.78, 5) is 28.6. The van der Waals surface area contributed by atoms with E-state index >= 15 is 0 Å². The summed E-state index contributed by atoms with van der Waals surface area (Å²) in [7, 11) is 1.47. The van der Waals surface area contributed by atoms with Gasteiger partial charge in [-0.05, 0) is 30.5 Å². The Morgan fingerprint density at radius 1 is 1.31 bits per heavy atom. The largest absolute Gasteiger partial charge is 0.427 e. The van der Waals surface area contributed by atoms with Gasteiger partial charge in [0.05, 0.1) is 25.2 Å². The number of ether oxygens (including phenoxy) is 1. The summed E-state index contributed by atoms with van der Waals surface area (Å²) in [6.07, 6.45) is -2.13. The van der Waals surface area contributed by atoms with E-state index in [9.17, 15) is 22.8 Å². The predicted molar refractivity (Wildman–Crippen MR) is 110 cm³/mol. The minimum absolute atomic E-state index is 0.00332. The number of nitrogens with zero attached hydrogens (tertiary/aromatic N) is 2. The minimum atomic E-state index is -4.88. The van der Waals surface area contributed by atoms with Gasteiger partial charge in [0, 0.05) is 35.4 Å². The molecule has 1 aliphatic carbocycles. The highest BCUT2D eigenvalue weighted by atomic mass is 35.5. The van der Waals surface area contributed by atoms with Crippen molar-refractivity contribution in [1.82, 2.24) is 14.9 Å². The zero-order valence-corrected chi connectivity index (χ0v) is 17.6. The molecule has 1 saturated carbocycles. The molecule has 2 N–H and O–H groups in total. The van der Waals surface area contributed by atoms with Crippen LogP contribution in [-0.2, 0) is 23.4 Å². The summed E-state index contributed by atoms with van der Waals surface area (Å²) in [5.74, 6) is 4.77. The van der Waals surface area contributed by atoms with Gasteiger partial charge in [0.2, 0.25) is 5.54 Å². The highest BCUT2D eigenvalue weighted by Gasteiger charge is 2.59. The van der Waals surface area contributed by atoms with Crippen LogP contribution in [0.1, 0.15) is 29.7 Å². The maximum atomic E-state index is 14.2. The Morgan fingerprint density at radius 2 is 2.06 bits per heavy atom. The van der Waals surface area contributed by atoms with Crippen LogP contribution in [-0.4, -0.2) is 28.9 Å². The third kappa shape index (κ3) is 4.18. The molecule has 7 nitrogen and oxygen atoms in total. The fraction of sp³-hybridized carbons (Fsp3) is 0.381. The second-order valence-electron chi connectivity index (χ2n) is 7.64. The minimum Gasteiger partial charge on any atom is -0.378 e. The van der Waals surface area contributed by atoms with E-state index in [4.69, 9.17) is 16.3 Å². The first-order chi connectivity index (χ1) is 15.1. The highest BCUT2D eigenvalue weighted by molar-refractivity contribution is 6.31. The van der Waals surface area contributed by atoms with Crippen LogP contribution in [0.25, 0.3) is 0 Å². The van der Waals surface area contributed by atoms with Crippen molar-refractivity contribution in [3.8, 4) is 11.8 Å². The fourth-order valence-corrected chi connectivity index (χ4v) is 3.59. The lowest BCUT2D eigenvalue weighted by Gasteiger charge is -2.37. The molecule has 1 aliphatic heterocycles. The Kier molecular flexibility index (Phi) is 5.65. The number of aromatic nitrogens is 2. The fourth-order valence-electron chi connectivity index (χ4n) is 3.37. The Labute approximate surface area is 185 Å². The summed E-state index contributed by atoms with van der Waals surface area (Å²) in [6, 6.07) is 2.72. The van der Waals surface area contributed by atoms with E-state index in [2.05, 4.69) is 22.1 Å². The van der Waals surface area contributed by atoms with Crippen molar-refractivity contribution in [1.29, 1.82) is 0 Å². The third-order valence-corrected chi connectivity index (χ3v) is 5.53. The number of nitrogens with one attached hydrogen (secondary N) is 2. The van der Waals surface area contributed by atoms with Crippen LogP contribution >= 0.6 is 11.6 Å². The van der Waals surface area contributed by atoms with E-state index < -0.39 is 17.7 Å². The lowest BCUT2D eigenvalue weighted by atomic mass is 9.85. The van der Waals surface area contributed by atoms with Crippen molar-refractivity contribution >= 4 is 23.3 Å². The lowest BCUT2D eigenvalue weighted by molar-refractivity contribution is -0.178. The number of methoxy groups -OCH3 is 1. The molecule has 2 aromatic rings. The van der Waals surface area contributed by atoms with Crippen LogP contribution < -0.4 is 16.2 Å². The molecule has 4 rings (SSSR count). The quantitative estimate of drug-likeness (QED) is 0.676. The monoisotopic (exact) mass is 466 g/mol. The molecule has 0 saturated heterocycles. The van der Waals surface area contributed by atoms with Crippen molar-refractivity contribution in [2.24, 2.45) is 5.92 Å². The second-order valence-corrected chi connectivity index (χ2v) is 8.05. The van der Waals surface area contributed by atoms with Gasteiger partial charge in [-0.2, -0.15) is 13.2 Å². The number of hydrogen-bond donors (Lipinski definition) is 2. The van der Waals surface area contributed by atoms with Gasteiger partial charge in [-0.1, -0.05) is 23.4 Å². The molecule has 1 unspecified atom stereocenters. The molecule has 0 bridgehead atoms. The summed E-state index contributed by atoms with van der Waals surface area (Å²) in [5, 5.41) is 4.33. The molecular formula is C21H18ClF3N4O3. The molecule has 0 radical (unpaired) electrons. The number of carbonyl (C=O) groups is 1. The summed E-state index contributed by atoms with van der Waals surface area (Å²) < 4.78 is 48.8. The zero-order valence-electron chi connectivity index (χ0n) is 16.8. The SMILES string of the molecule is COCc1cc(=O)n(Cc2cc3c(cc2Cl)C(C#CC2CC2)(C(F)(F)F)NC(=O)N3)cn1. The average Bonchev–Trinajstić information content (AvgIpc) is 3.53. The van der Waals surface area contributed by atoms with Gasteiger partial charge in [-0.15, -0.1) is 0 Å². The summed E-state index contributed by atoms with van der Waals surface area (Å²) >= 11 is 6.32. The molecule has 2 aliphatic rings. The number of urea groups is 1. The molecule has 0 spiro atoms. The van der Waals surface area contributed by atoms with Gasteiger partial charge in [0.15, 0.2) is 0 Å². The van der Waals surface area contributed by atoms with Crippen molar-refractivity contribution in [3.05, 3.63) is 56.7 Å². The molecule has 1 atom stereocenters. The maximum Gasteiger partial charge on any atom is 0.427 e. The number of hydrogen-bond acceptors (Lipinski definition) is 4. The highest BCUT2D eigenvalue weighted by Crippen LogP contribution is 2.45.